The maximum absolute atomic E-state index is 13.2. The second kappa shape index (κ2) is 10.9. The molecular weight excluding hydrogens is 460 g/mol. The Morgan fingerprint density at radius 3 is 2.20 bits per heavy atom. The van der Waals surface area contributed by atoms with Crippen LogP contribution in [-0.2, 0) is 6.42 Å². The normalized spacial score (nSPS) is 16.9. The van der Waals surface area contributed by atoms with Crippen molar-refractivity contribution in [3.63, 3.8) is 0 Å². The Hall–Kier alpha value is -3.46. The van der Waals surface area contributed by atoms with Crippen molar-refractivity contribution in [2.75, 3.05) is 49.5 Å². The number of piperazine rings is 1. The van der Waals surface area contributed by atoms with Gasteiger partial charge < -0.3 is 14.7 Å². The van der Waals surface area contributed by atoms with Crippen LogP contribution in [0.5, 0.6) is 0 Å². The number of nitrogens with one attached hydrogen (secondary N) is 1. The third-order valence-corrected chi connectivity index (χ3v) is 7.51. The van der Waals surface area contributed by atoms with Crippen LogP contribution in [0.4, 0.5) is 15.5 Å². The zero-order valence-corrected chi connectivity index (χ0v) is 20.5. The van der Waals surface area contributed by atoms with E-state index < -0.39 is 0 Å². The number of piperidine rings is 1. The molecule has 0 unspecified atom stereocenters. The van der Waals surface area contributed by atoms with E-state index in [1.807, 2.05) is 29.2 Å². The Morgan fingerprint density at radius 2 is 1.51 bits per heavy atom. The van der Waals surface area contributed by atoms with Crippen molar-refractivity contribution in [2.24, 2.45) is 5.92 Å². The highest BCUT2D eigenvalue weighted by molar-refractivity contribution is 7.10. The van der Waals surface area contributed by atoms with Gasteiger partial charge in [0.05, 0.1) is 0 Å². The van der Waals surface area contributed by atoms with Crippen molar-refractivity contribution >= 4 is 34.2 Å². The van der Waals surface area contributed by atoms with Gasteiger partial charge in [0.15, 0.2) is 10.7 Å². The lowest BCUT2D eigenvalue weighted by molar-refractivity contribution is 0.0685. The molecule has 3 heterocycles. The zero-order valence-electron chi connectivity index (χ0n) is 19.7. The highest BCUT2D eigenvalue weighted by atomic mass is 32.1. The number of hydrogen-bond acceptors (Lipinski definition) is 6. The molecule has 0 atom stereocenters. The first-order chi connectivity index (χ1) is 17.2. The highest BCUT2D eigenvalue weighted by Crippen LogP contribution is 2.26. The maximum Gasteiger partial charge on any atom is 0.322 e. The molecule has 182 valence electrons. The first-order valence-electron chi connectivity index (χ1n) is 12.2. The minimum absolute atomic E-state index is 0.152. The lowest BCUT2D eigenvalue weighted by atomic mass is 9.90. The number of rotatable bonds is 5. The van der Waals surface area contributed by atoms with E-state index in [1.54, 1.807) is 4.90 Å². The topological polar surface area (TPSA) is 81.7 Å². The molecule has 3 amide bonds. The minimum Gasteiger partial charge on any atom is -0.368 e. The largest absolute Gasteiger partial charge is 0.368 e. The molecule has 3 aromatic rings. The molecule has 1 aromatic heterocycles. The Kier molecular flexibility index (Phi) is 7.23. The molecule has 1 N–H and O–H groups in total. The molecule has 2 aliphatic heterocycles. The van der Waals surface area contributed by atoms with Gasteiger partial charge in [-0.1, -0.05) is 53.0 Å². The number of benzene rings is 2. The van der Waals surface area contributed by atoms with Gasteiger partial charge in [-0.25, -0.2) is 4.79 Å². The molecule has 2 saturated heterocycles. The number of carbonyl (C=O) groups excluding carboxylic acids is 2. The lowest BCUT2D eigenvalue weighted by Gasteiger charge is -2.36. The van der Waals surface area contributed by atoms with Crippen LogP contribution < -0.4 is 10.2 Å². The van der Waals surface area contributed by atoms with Gasteiger partial charge in [0.2, 0.25) is 0 Å². The molecule has 5 rings (SSSR count). The SMILES string of the molecule is O=C(Nc1snnc1C(=O)N1CCC(Cc2ccccc2)CC1)N1CCN(c2ccccc2)CC1. The number of likely N-dealkylation sites (tertiary alicyclic amines) is 1. The highest BCUT2D eigenvalue weighted by Gasteiger charge is 2.29. The van der Waals surface area contributed by atoms with Crippen LogP contribution in [0.15, 0.2) is 60.7 Å². The van der Waals surface area contributed by atoms with Gasteiger partial charge in [-0.2, -0.15) is 0 Å². The number of amides is 3. The Labute approximate surface area is 209 Å². The zero-order chi connectivity index (χ0) is 24.0. The van der Waals surface area contributed by atoms with Crippen LogP contribution in [0, 0.1) is 5.92 Å². The standard InChI is InChI=1S/C26H30N6O2S/c33-25(31-13-11-21(12-14-31)19-20-7-3-1-4-8-20)23-24(35-29-28-23)27-26(34)32-17-15-30(16-18-32)22-9-5-2-6-10-22/h1-10,21H,11-19H2,(H,27,34). The summed E-state index contributed by atoms with van der Waals surface area (Å²) in [5, 5.41) is 7.38. The average Bonchev–Trinajstić information content (AvgIpc) is 3.38. The number of nitrogens with zero attached hydrogens (tertiary/aromatic N) is 5. The van der Waals surface area contributed by atoms with Crippen LogP contribution in [0.2, 0.25) is 0 Å². The van der Waals surface area contributed by atoms with Crippen molar-refractivity contribution < 1.29 is 9.59 Å². The van der Waals surface area contributed by atoms with Gasteiger partial charge in [-0.15, -0.1) is 5.10 Å². The second-order valence-corrected chi connectivity index (χ2v) is 9.87. The van der Waals surface area contributed by atoms with Gasteiger partial charge in [-0.3, -0.25) is 10.1 Å². The fourth-order valence-corrected chi connectivity index (χ4v) is 5.38. The van der Waals surface area contributed by atoms with E-state index in [-0.39, 0.29) is 17.6 Å². The third kappa shape index (κ3) is 5.62. The molecule has 2 fully saturated rings. The number of anilines is 2. The van der Waals surface area contributed by atoms with E-state index in [0.717, 1.165) is 43.9 Å². The van der Waals surface area contributed by atoms with Crippen molar-refractivity contribution in [1.82, 2.24) is 19.4 Å². The summed E-state index contributed by atoms with van der Waals surface area (Å²) >= 11 is 1.06. The first-order valence-corrected chi connectivity index (χ1v) is 13.0. The van der Waals surface area contributed by atoms with Gasteiger partial charge >= 0.3 is 6.03 Å². The summed E-state index contributed by atoms with van der Waals surface area (Å²) in [5.74, 6) is 0.421. The smallest absolute Gasteiger partial charge is 0.322 e. The molecule has 0 spiro atoms. The minimum atomic E-state index is -0.209. The molecular formula is C26H30N6O2S. The molecule has 35 heavy (non-hydrogen) atoms. The maximum atomic E-state index is 13.2. The van der Waals surface area contributed by atoms with Crippen molar-refractivity contribution in [1.29, 1.82) is 0 Å². The van der Waals surface area contributed by atoms with Crippen LogP contribution in [0.3, 0.4) is 0 Å². The summed E-state index contributed by atoms with van der Waals surface area (Å²) in [5.41, 5.74) is 2.75. The van der Waals surface area contributed by atoms with Crippen molar-refractivity contribution in [3.05, 3.63) is 71.9 Å². The van der Waals surface area contributed by atoms with E-state index >= 15 is 0 Å². The van der Waals surface area contributed by atoms with Gasteiger partial charge in [0.1, 0.15) is 0 Å². The molecule has 8 nitrogen and oxygen atoms in total. The fraction of sp³-hybridized carbons (Fsp3) is 0.385. The van der Waals surface area contributed by atoms with Gasteiger partial charge in [-0.05, 0) is 42.9 Å². The van der Waals surface area contributed by atoms with E-state index in [1.165, 1.54) is 11.3 Å². The quantitative estimate of drug-likeness (QED) is 0.585. The second-order valence-electron chi connectivity index (χ2n) is 9.12. The van der Waals surface area contributed by atoms with Crippen molar-refractivity contribution in [3.8, 4) is 0 Å². The van der Waals surface area contributed by atoms with E-state index in [9.17, 15) is 9.59 Å². The Balaban J connectivity index is 1.13. The molecule has 0 saturated carbocycles. The molecule has 0 bridgehead atoms. The van der Waals surface area contributed by atoms with E-state index in [2.05, 4.69) is 56.2 Å². The monoisotopic (exact) mass is 490 g/mol. The van der Waals surface area contributed by atoms with Crippen molar-refractivity contribution in [2.45, 2.75) is 19.3 Å². The third-order valence-electron chi connectivity index (χ3n) is 6.87. The number of aromatic nitrogens is 2. The van der Waals surface area contributed by atoms with Crippen LogP contribution in [-0.4, -0.2) is 70.6 Å². The number of urea groups is 1. The van der Waals surface area contributed by atoms with Crippen LogP contribution in [0.1, 0.15) is 28.9 Å². The molecule has 9 heteroatoms. The molecule has 0 aliphatic carbocycles. The summed E-state index contributed by atoms with van der Waals surface area (Å²) in [6.07, 6.45) is 2.97. The summed E-state index contributed by atoms with van der Waals surface area (Å²) < 4.78 is 3.96. The summed E-state index contributed by atoms with van der Waals surface area (Å²) in [4.78, 5) is 32.0. The predicted octanol–water partition coefficient (Wildman–Crippen LogP) is 3.99. The molecule has 0 radical (unpaired) electrons. The van der Waals surface area contributed by atoms with Gasteiger partial charge in [0, 0.05) is 56.5 Å². The summed E-state index contributed by atoms with van der Waals surface area (Å²) in [6.45, 7) is 4.16. The fourth-order valence-electron chi connectivity index (χ4n) is 4.83. The summed E-state index contributed by atoms with van der Waals surface area (Å²) in [7, 11) is 0. The lowest BCUT2D eigenvalue weighted by Crippen LogP contribution is -2.50. The van der Waals surface area contributed by atoms with Gasteiger partial charge in [0.25, 0.3) is 5.91 Å². The first kappa shape index (κ1) is 23.3. The van der Waals surface area contributed by atoms with E-state index in [0.29, 0.717) is 37.1 Å². The number of hydrogen-bond donors (Lipinski definition) is 1. The number of carbonyl (C=O) groups is 2. The molecule has 2 aromatic carbocycles. The predicted molar refractivity (Wildman–Crippen MR) is 138 cm³/mol. The average molecular weight is 491 g/mol. The Morgan fingerprint density at radius 1 is 0.857 bits per heavy atom. The summed E-state index contributed by atoms with van der Waals surface area (Å²) in [6, 6.07) is 20.5. The van der Waals surface area contributed by atoms with Crippen LogP contribution in [0.25, 0.3) is 0 Å². The van der Waals surface area contributed by atoms with Crippen LogP contribution >= 0.6 is 11.5 Å². The van der Waals surface area contributed by atoms with E-state index in [4.69, 9.17) is 0 Å². The Bertz CT molecular complexity index is 1120. The molecule has 2 aliphatic rings. The number of para-hydroxylation sites is 1.